The van der Waals surface area contributed by atoms with Gasteiger partial charge in [0.15, 0.2) is 5.11 Å². The smallest absolute Gasteiger partial charge is 0.272 e. The second kappa shape index (κ2) is 7.95. The molecule has 4 rings (SSSR count). The monoisotopic (exact) mass is 451 g/mol. The van der Waals surface area contributed by atoms with Crippen LogP contribution in [0.25, 0.3) is 4.85 Å². The van der Waals surface area contributed by atoms with Gasteiger partial charge in [-0.2, -0.15) is 0 Å². The number of nitrogens with zero attached hydrogens (tertiary/aromatic N) is 4. The third-order valence-corrected chi connectivity index (χ3v) is 6.60. The lowest BCUT2D eigenvalue weighted by Gasteiger charge is -2.33. The van der Waals surface area contributed by atoms with Crippen LogP contribution in [0, 0.1) is 25.2 Å². The van der Waals surface area contributed by atoms with Crippen LogP contribution in [0.5, 0.6) is 0 Å². The van der Waals surface area contributed by atoms with Gasteiger partial charge in [-0.05, 0) is 74.2 Å². The summed E-state index contributed by atoms with van der Waals surface area (Å²) in [5.41, 5.74) is 0.541. The van der Waals surface area contributed by atoms with E-state index in [1.54, 1.807) is 24.0 Å². The number of aryl methyl sites for hydroxylation is 1. The second-order valence-electron chi connectivity index (χ2n) is 8.33. The van der Waals surface area contributed by atoms with Gasteiger partial charge in [-0.3, -0.25) is 14.5 Å². The molecule has 1 unspecified atom stereocenters. The van der Waals surface area contributed by atoms with E-state index in [-0.39, 0.29) is 22.4 Å². The summed E-state index contributed by atoms with van der Waals surface area (Å²) in [7, 11) is 1.44. The van der Waals surface area contributed by atoms with Gasteiger partial charge in [-0.1, -0.05) is 13.5 Å². The molecule has 1 aromatic heterocycles. The van der Waals surface area contributed by atoms with Crippen LogP contribution >= 0.6 is 12.2 Å². The average molecular weight is 452 g/mol. The Bertz CT molecular complexity index is 1190. The fraction of sp³-hybridized carbons (Fsp3) is 0.348. The number of hydrogen-bond acceptors (Lipinski definition) is 4. The molecule has 2 aliphatic rings. The molecule has 1 saturated carbocycles. The van der Waals surface area contributed by atoms with Crippen molar-refractivity contribution in [2.24, 2.45) is 5.92 Å². The molecule has 1 N–H and O–H groups in total. The van der Waals surface area contributed by atoms with E-state index >= 15 is 0 Å². The first kappa shape index (κ1) is 21.8. The van der Waals surface area contributed by atoms with Crippen LogP contribution in [0.3, 0.4) is 0 Å². The van der Waals surface area contributed by atoms with Crippen LogP contribution in [0.4, 0.5) is 21.6 Å². The maximum Gasteiger partial charge on any atom is 0.272 e. The lowest BCUT2D eigenvalue weighted by molar-refractivity contribution is -0.121. The van der Waals surface area contributed by atoms with Crippen molar-refractivity contribution in [1.82, 2.24) is 10.3 Å². The van der Waals surface area contributed by atoms with Gasteiger partial charge in [0.1, 0.15) is 17.6 Å². The molecule has 2 aromatic rings. The van der Waals surface area contributed by atoms with Crippen molar-refractivity contribution >= 4 is 46.3 Å². The number of aromatic nitrogens is 1. The number of carbonyl (C=O) groups excluding carboxylic acids is 2. The van der Waals surface area contributed by atoms with E-state index in [4.69, 9.17) is 18.8 Å². The summed E-state index contributed by atoms with van der Waals surface area (Å²) >= 11 is 5.75. The van der Waals surface area contributed by atoms with Crippen molar-refractivity contribution in [3.8, 4) is 0 Å². The number of rotatable bonds is 3. The number of hydrogen-bond donors (Lipinski definition) is 1. The first-order valence-corrected chi connectivity index (χ1v) is 10.7. The minimum absolute atomic E-state index is 0.0760. The standard InChI is InChI=1S/C23H22FN5O2S/c1-13-7-8-23(11-13)21(31)28(16-9-14(2)19(25-3)27-12-16)22(32)29(23)15-5-6-17(18(24)10-15)20(30)26-4/h5-6,9-10,12-13H,7-8,11H2,1-2,4H3,(H,26,30)/t13-,23?/m1/s1. The van der Waals surface area contributed by atoms with Crippen LogP contribution in [-0.4, -0.2) is 34.5 Å². The molecule has 164 valence electrons. The molecule has 0 bridgehead atoms. The van der Waals surface area contributed by atoms with E-state index in [1.807, 2.05) is 0 Å². The van der Waals surface area contributed by atoms with E-state index in [9.17, 15) is 14.0 Å². The topological polar surface area (TPSA) is 69.9 Å². The Morgan fingerprint density at radius 3 is 2.69 bits per heavy atom. The minimum atomic E-state index is -0.927. The Morgan fingerprint density at radius 2 is 2.12 bits per heavy atom. The molecule has 1 aliphatic heterocycles. The lowest BCUT2D eigenvalue weighted by atomic mass is 9.93. The Hall–Kier alpha value is -3.38. The molecule has 1 saturated heterocycles. The van der Waals surface area contributed by atoms with Crippen molar-refractivity contribution in [2.75, 3.05) is 16.8 Å². The molecular formula is C23H22FN5O2S. The predicted octanol–water partition coefficient (Wildman–Crippen LogP) is 4.14. The summed E-state index contributed by atoms with van der Waals surface area (Å²) in [6.45, 7) is 11.0. The molecule has 2 atom stereocenters. The highest BCUT2D eigenvalue weighted by Gasteiger charge is 2.59. The summed E-state index contributed by atoms with van der Waals surface area (Å²) in [6, 6.07) is 5.99. The first-order chi connectivity index (χ1) is 15.2. The van der Waals surface area contributed by atoms with Gasteiger partial charge in [0.2, 0.25) is 0 Å². The van der Waals surface area contributed by atoms with Crippen molar-refractivity contribution in [3.63, 3.8) is 0 Å². The number of pyridine rings is 1. The van der Waals surface area contributed by atoms with Crippen LogP contribution < -0.4 is 15.1 Å². The van der Waals surface area contributed by atoms with Crippen molar-refractivity contribution in [3.05, 3.63) is 58.8 Å². The van der Waals surface area contributed by atoms with E-state index in [2.05, 4.69) is 22.1 Å². The minimum Gasteiger partial charge on any atom is -0.360 e. The highest BCUT2D eigenvalue weighted by atomic mass is 32.1. The quantitative estimate of drug-likeness (QED) is 0.561. The third-order valence-electron chi connectivity index (χ3n) is 6.23. The number of nitrogens with one attached hydrogen (secondary N) is 1. The van der Waals surface area contributed by atoms with Crippen LogP contribution in [0.15, 0.2) is 30.5 Å². The molecule has 1 spiro atoms. The summed E-state index contributed by atoms with van der Waals surface area (Å²) in [5, 5.41) is 2.65. The number of benzene rings is 1. The van der Waals surface area contributed by atoms with E-state index < -0.39 is 17.3 Å². The summed E-state index contributed by atoms with van der Waals surface area (Å²) in [6.07, 6.45) is 3.46. The molecule has 2 amide bonds. The molecule has 9 heteroatoms. The van der Waals surface area contributed by atoms with Crippen LogP contribution in [0.1, 0.15) is 42.1 Å². The highest BCUT2D eigenvalue weighted by Crippen LogP contribution is 2.48. The van der Waals surface area contributed by atoms with Crippen molar-refractivity contribution < 1.29 is 14.0 Å². The largest absolute Gasteiger partial charge is 0.360 e. The van der Waals surface area contributed by atoms with Crippen LogP contribution in [-0.2, 0) is 4.79 Å². The zero-order chi connectivity index (χ0) is 23.2. The second-order valence-corrected chi connectivity index (χ2v) is 8.69. The first-order valence-electron chi connectivity index (χ1n) is 10.3. The number of amides is 2. The number of carbonyl (C=O) groups is 2. The lowest BCUT2D eigenvalue weighted by Crippen LogP contribution is -2.48. The molecule has 32 heavy (non-hydrogen) atoms. The van der Waals surface area contributed by atoms with E-state index in [1.165, 1.54) is 30.3 Å². The fourth-order valence-corrected chi connectivity index (χ4v) is 5.14. The Morgan fingerprint density at radius 1 is 1.38 bits per heavy atom. The third kappa shape index (κ3) is 3.22. The summed E-state index contributed by atoms with van der Waals surface area (Å²) in [4.78, 5) is 36.4. The zero-order valence-electron chi connectivity index (χ0n) is 18.0. The number of anilines is 2. The normalized spacial score (nSPS) is 22.5. The summed E-state index contributed by atoms with van der Waals surface area (Å²) < 4.78 is 14.8. The SMILES string of the molecule is [C-]#[N+]c1ncc(N2C(=O)C3(CC[C@@H](C)C3)N(c3ccc(C(=O)NC)c(F)c3)C2=S)cc1C. The molecule has 7 nitrogen and oxygen atoms in total. The van der Waals surface area contributed by atoms with Gasteiger partial charge < -0.3 is 15.1 Å². The van der Waals surface area contributed by atoms with Gasteiger partial charge in [-0.25, -0.2) is 4.39 Å². The molecule has 2 heterocycles. The summed E-state index contributed by atoms with van der Waals surface area (Å²) in [5.74, 6) is -0.834. The van der Waals surface area contributed by atoms with E-state index in [0.29, 0.717) is 35.7 Å². The Kier molecular flexibility index (Phi) is 5.42. The van der Waals surface area contributed by atoms with E-state index in [0.717, 1.165) is 6.42 Å². The van der Waals surface area contributed by atoms with Gasteiger partial charge in [-0.15, -0.1) is 4.98 Å². The molecule has 1 aromatic carbocycles. The van der Waals surface area contributed by atoms with Gasteiger partial charge in [0.05, 0.1) is 11.3 Å². The Balaban J connectivity index is 1.83. The van der Waals surface area contributed by atoms with Gasteiger partial charge >= 0.3 is 0 Å². The maximum atomic E-state index is 14.8. The van der Waals surface area contributed by atoms with Crippen molar-refractivity contribution in [2.45, 2.75) is 38.6 Å². The number of halogens is 1. The highest BCUT2D eigenvalue weighted by molar-refractivity contribution is 7.81. The van der Waals surface area contributed by atoms with Crippen molar-refractivity contribution in [1.29, 1.82) is 0 Å². The fourth-order valence-electron chi connectivity index (χ4n) is 4.68. The van der Waals surface area contributed by atoms with Crippen LogP contribution in [0.2, 0.25) is 0 Å². The predicted molar refractivity (Wildman–Crippen MR) is 123 cm³/mol. The molecular weight excluding hydrogens is 429 g/mol. The van der Waals surface area contributed by atoms with Gasteiger partial charge in [0.25, 0.3) is 17.6 Å². The Labute approximate surface area is 191 Å². The average Bonchev–Trinajstić information content (AvgIpc) is 3.24. The maximum absolute atomic E-state index is 14.8. The molecule has 1 aliphatic carbocycles. The zero-order valence-corrected chi connectivity index (χ0v) is 18.8. The molecule has 2 fully saturated rings. The number of thiocarbonyl (C=S) groups is 1. The van der Waals surface area contributed by atoms with Gasteiger partial charge in [0, 0.05) is 12.7 Å². The molecule has 0 radical (unpaired) electrons.